The predicted molar refractivity (Wildman–Crippen MR) is 267 cm³/mol. The van der Waals surface area contributed by atoms with Crippen molar-refractivity contribution in [3.05, 3.63) is 198 Å². The van der Waals surface area contributed by atoms with Crippen molar-refractivity contribution in [2.24, 2.45) is 0 Å². The SMILES string of the molecule is CC(C)(C)c1cc(-c2ccccc2)c(N2[CH-]N(c3[c-]c(Oc4[c-]c5c(cc4)c4ccccc4n5-c4cc(C(C)(C)C)c5[te]ccc5n4)ccc3)c3ccccc32)c(-c2ccccc2)c1.[Pt]. The second kappa shape index (κ2) is 16.8. The number of para-hydroxylation sites is 3. The van der Waals surface area contributed by atoms with Crippen LogP contribution in [-0.4, -0.2) is 30.0 Å². The van der Waals surface area contributed by atoms with E-state index < -0.39 is 20.4 Å². The number of rotatable bonds is 7. The van der Waals surface area contributed by atoms with Gasteiger partial charge in [0.2, 0.25) is 0 Å². The molecule has 0 amide bonds. The minimum Gasteiger partial charge on any atom is -0.150 e. The number of ether oxygens (including phenoxy) is 1. The summed E-state index contributed by atoms with van der Waals surface area (Å²) < 4.78 is 12.8. The number of benzene rings is 7. The Hall–Kier alpha value is -5.89. The molecule has 0 atom stereocenters. The van der Waals surface area contributed by atoms with Gasteiger partial charge in [-0.2, -0.15) is 0 Å². The fraction of sp³-hybridized carbons (Fsp3) is 0.138. The number of anilines is 4. The van der Waals surface area contributed by atoms with Crippen LogP contribution in [-0.2, 0) is 31.9 Å². The Bertz CT molecular complexity index is 3320. The molecule has 11 rings (SSSR count). The monoisotopic (exact) mass is 1140 g/mol. The molecule has 0 saturated carbocycles. The van der Waals surface area contributed by atoms with Gasteiger partial charge in [0.1, 0.15) is 0 Å². The maximum atomic E-state index is 6.72. The number of hydrogen-bond donors (Lipinski definition) is 0. The predicted octanol–water partition coefficient (Wildman–Crippen LogP) is 15.1. The van der Waals surface area contributed by atoms with Crippen molar-refractivity contribution in [1.29, 1.82) is 0 Å². The molecule has 0 fully saturated rings. The minimum absolute atomic E-state index is 0. The minimum atomic E-state index is -0.399. The Morgan fingerprint density at radius 2 is 1.22 bits per heavy atom. The number of aromatic nitrogens is 2. The second-order valence-electron chi connectivity index (χ2n) is 18.6. The summed E-state index contributed by atoms with van der Waals surface area (Å²) in [7, 11) is 0. The molecule has 3 aromatic heterocycles. The van der Waals surface area contributed by atoms with Crippen LogP contribution < -0.4 is 14.5 Å². The fourth-order valence-electron chi connectivity index (χ4n) is 9.02. The van der Waals surface area contributed by atoms with Crippen molar-refractivity contribution in [3.63, 3.8) is 0 Å². The number of hydrogen-bond acceptors (Lipinski definition) is 4. The van der Waals surface area contributed by atoms with Crippen LogP contribution in [0, 0.1) is 18.8 Å². The van der Waals surface area contributed by atoms with Crippen molar-refractivity contribution < 1.29 is 25.8 Å². The fourth-order valence-corrected chi connectivity index (χ4v) is 12.0. The smallest absolute Gasteiger partial charge is 0.150 e. The second-order valence-corrected chi connectivity index (χ2v) is 21.2. The van der Waals surface area contributed by atoms with Gasteiger partial charge < -0.3 is 9.80 Å². The molecule has 7 heteroatoms. The summed E-state index contributed by atoms with van der Waals surface area (Å²) in [5.74, 6) is 2.12. The zero-order valence-electron chi connectivity index (χ0n) is 37.2. The van der Waals surface area contributed by atoms with Crippen molar-refractivity contribution in [2.75, 3.05) is 9.80 Å². The Balaban J connectivity index is 0.00000498. The molecule has 0 unspecified atom stereocenters. The van der Waals surface area contributed by atoms with Gasteiger partial charge >= 0.3 is 197 Å². The molecule has 0 saturated heterocycles. The quantitative estimate of drug-likeness (QED) is 0.118. The summed E-state index contributed by atoms with van der Waals surface area (Å²) in [6, 6.07) is 65.6. The van der Waals surface area contributed by atoms with Crippen LogP contribution in [0.4, 0.5) is 22.7 Å². The molecular weight excluding hydrogens is 1090 g/mol. The van der Waals surface area contributed by atoms with Gasteiger partial charge in [0.15, 0.2) is 0 Å². The van der Waals surface area contributed by atoms with Crippen molar-refractivity contribution in [1.82, 2.24) is 9.55 Å². The molecular formula is C58H47N4OPtTe-3. The molecule has 324 valence electrons. The molecule has 7 aromatic carbocycles. The van der Waals surface area contributed by atoms with Gasteiger partial charge in [0.25, 0.3) is 0 Å². The maximum absolute atomic E-state index is 6.72. The molecule has 5 nitrogen and oxygen atoms in total. The van der Waals surface area contributed by atoms with E-state index in [-0.39, 0.29) is 31.9 Å². The van der Waals surface area contributed by atoms with Crippen molar-refractivity contribution >= 4 is 73.9 Å². The molecule has 0 aliphatic carbocycles. The molecule has 1 aliphatic heterocycles. The Morgan fingerprint density at radius 3 is 1.89 bits per heavy atom. The van der Waals surface area contributed by atoms with Crippen LogP contribution >= 0.6 is 0 Å². The van der Waals surface area contributed by atoms with E-state index in [0.29, 0.717) is 11.5 Å². The van der Waals surface area contributed by atoms with Gasteiger partial charge in [-0.25, -0.2) is 0 Å². The Labute approximate surface area is 405 Å². The van der Waals surface area contributed by atoms with Gasteiger partial charge in [-0.3, -0.25) is 0 Å². The molecule has 1 aliphatic rings. The van der Waals surface area contributed by atoms with E-state index in [9.17, 15) is 0 Å². The first-order valence-corrected chi connectivity index (χ1v) is 24.4. The molecule has 0 N–H and O–H groups in total. The van der Waals surface area contributed by atoms with Crippen LogP contribution in [0.15, 0.2) is 168 Å². The first-order valence-electron chi connectivity index (χ1n) is 21.9. The van der Waals surface area contributed by atoms with E-state index in [1.165, 1.54) is 36.8 Å². The third-order valence-electron chi connectivity index (χ3n) is 12.2. The molecule has 4 heterocycles. The molecule has 65 heavy (non-hydrogen) atoms. The number of nitrogens with zero attached hydrogens (tertiary/aromatic N) is 4. The van der Waals surface area contributed by atoms with Gasteiger partial charge in [0.05, 0.1) is 0 Å². The summed E-state index contributed by atoms with van der Waals surface area (Å²) >= 11 is -0.399. The van der Waals surface area contributed by atoms with E-state index in [4.69, 9.17) is 9.72 Å². The third kappa shape index (κ3) is 7.80. The summed E-state index contributed by atoms with van der Waals surface area (Å²) in [5.41, 5.74) is 14.5. The van der Waals surface area contributed by atoms with Crippen LogP contribution in [0.25, 0.3) is 58.8 Å². The van der Waals surface area contributed by atoms with E-state index in [1.54, 1.807) is 0 Å². The Morgan fingerprint density at radius 1 is 0.585 bits per heavy atom. The molecule has 0 bridgehead atoms. The van der Waals surface area contributed by atoms with E-state index in [0.717, 1.165) is 55.9 Å². The summed E-state index contributed by atoms with van der Waals surface area (Å²) in [4.78, 5) is 9.85. The van der Waals surface area contributed by atoms with E-state index in [2.05, 4.69) is 224 Å². The standard InChI is InChI=1S/C58H47N4OTe.Pt/c1-57(2,3)40-32-46(38-18-9-7-10-19-38)55(47(33-40)39-20-11-8-12-21-39)61-37-60(51-26-15-16-27-52(51)61)41-22-17-23-42(34-41)63-43-28-29-45-44-24-13-14-25-50(44)62(53(45)35-43)54-36-48(58(4,5)6)56-49(59-54)30-31-64-56;/h7-33,36-37H,1-6H3;/q-3;. The van der Waals surface area contributed by atoms with Crippen LogP contribution in [0.3, 0.4) is 0 Å². The summed E-state index contributed by atoms with van der Waals surface area (Å²) in [6.45, 7) is 16.0. The van der Waals surface area contributed by atoms with Gasteiger partial charge in [-0.15, -0.1) is 12.7 Å². The molecule has 0 radical (unpaired) electrons. The normalized spacial score (nSPS) is 12.8. The molecule has 0 spiro atoms. The first-order chi connectivity index (χ1) is 31.0. The van der Waals surface area contributed by atoms with Gasteiger partial charge in [-0.1, -0.05) is 93.6 Å². The van der Waals surface area contributed by atoms with Crippen LogP contribution in [0.1, 0.15) is 52.7 Å². The average Bonchev–Trinajstić information content (AvgIpc) is 4.03. The number of fused-ring (bicyclic) bond motifs is 5. The van der Waals surface area contributed by atoms with E-state index in [1.807, 2.05) is 18.2 Å². The van der Waals surface area contributed by atoms with E-state index >= 15 is 0 Å². The van der Waals surface area contributed by atoms with Gasteiger partial charge in [-0.05, 0) is 46.4 Å². The topological polar surface area (TPSA) is 33.5 Å². The summed E-state index contributed by atoms with van der Waals surface area (Å²) in [6.07, 6.45) is 0. The average molecular weight is 1140 g/mol. The van der Waals surface area contributed by atoms with Gasteiger partial charge in [0, 0.05) is 49.3 Å². The van der Waals surface area contributed by atoms with Crippen LogP contribution in [0.5, 0.6) is 11.5 Å². The third-order valence-corrected chi connectivity index (χ3v) is 14.9. The zero-order valence-corrected chi connectivity index (χ0v) is 41.8. The molecule has 10 aromatic rings. The first kappa shape index (κ1) is 43.0. The summed E-state index contributed by atoms with van der Waals surface area (Å²) in [5, 5.41) is 2.26. The zero-order chi connectivity index (χ0) is 43.7. The van der Waals surface area contributed by atoms with Crippen LogP contribution in [0.2, 0.25) is 0 Å². The van der Waals surface area contributed by atoms with Crippen molar-refractivity contribution in [2.45, 2.75) is 52.4 Å². The Kier molecular flexibility index (Phi) is 11.1. The van der Waals surface area contributed by atoms with Crippen molar-refractivity contribution in [3.8, 4) is 39.6 Å². The number of pyridine rings is 1.